The van der Waals surface area contributed by atoms with Crippen molar-refractivity contribution >= 4 is 16.6 Å². The summed E-state index contributed by atoms with van der Waals surface area (Å²) in [4.78, 5) is 12.8. The molecule has 0 saturated carbocycles. The minimum atomic E-state index is -0.697. The number of fused-ring (bicyclic) bond motifs is 2. The Morgan fingerprint density at radius 2 is 1.59 bits per heavy atom. The van der Waals surface area contributed by atoms with Gasteiger partial charge < -0.3 is 0 Å². The van der Waals surface area contributed by atoms with E-state index in [4.69, 9.17) is 0 Å². The Balaban J connectivity index is 1.75. The minimum absolute atomic E-state index is 0.0773. The molecule has 1 aromatic carbocycles. The molecular formula is C19H26O2S. The van der Waals surface area contributed by atoms with E-state index in [0.29, 0.717) is 0 Å². The van der Waals surface area contributed by atoms with E-state index in [1.165, 1.54) is 12.0 Å². The first-order valence-electron chi connectivity index (χ1n) is 8.40. The second kappa shape index (κ2) is 5.92. The summed E-state index contributed by atoms with van der Waals surface area (Å²) in [5.41, 5.74) is 2.19. The highest BCUT2D eigenvalue weighted by atomic mass is 32.2. The Labute approximate surface area is 136 Å². The van der Waals surface area contributed by atoms with E-state index < -0.39 is 10.8 Å². The number of hydrogen-bond acceptors (Lipinski definition) is 2. The lowest BCUT2D eigenvalue weighted by Gasteiger charge is -2.37. The third-order valence-electron chi connectivity index (χ3n) is 5.21. The summed E-state index contributed by atoms with van der Waals surface area (Å²) in [5, 5.41) is 0.519. The van der Waals surface area contributed by atoms with Crippen molar-refractivity contribution in [1.29, 1.82) is 0 Å². The summed E-state index contributed by atoms with van der Waals surface area (Å²) in [6.45, 7) is 6.55. The molecule has 2 heterocycles. The Hall–Kier alpha value is -0.960. The van der Waals surface area contributed by atoms with Crippen LogP contribution in [0.4, 0.5) is 0 Å². The lowest BCUT2D eigenvalue weighted by atomic mass is 9.82. The average molecular weight is 318 g/mol. The van der Waals surface area contributed by atoms with Gasteiger partial charge in [-0.3, -0.25) is 9.00 Å². The van der Waals surface area contributed by atoms with Gasteiger partial charge in [-0.15, -0.1) is 0 Å². The van der Waals surface area contributed by atoms with Crippen LogP contribution in [0.3, 0.4) is 0 Å². The highest BCUT2D eigenvalue weighted by Gasteiger charge is 2.40. The summed E-state index contributed by atoms with van der Waals surface area (Å²) in [7, 11) is -0.697. The molecule has 3 heteroatoms. The van der Waals surface area contributed by atoms with Crippen LogP contribution in [0.15, 0.2) is 24.3 Å². The number of rotatable bonds is 2. The van der Waals surface area contributed by atoms with E-state index >= 15 is 0 Å². The number of Topliss-reactive ketones (excluding diaryl/α,β-unsaturated/α-hetero) is 1. The topological polar surface area (TPSA) is 34.1 Å². The van der Waals surface area contributed by atoms with Crippen molar-refractivity contribution in [3.05, 3.63) is 35.4 Å². The molecule has 1 aromatic rings. The molecule has 22 heavy (non-hydrogen) atoms. The molecule has 0 spiro atoms. The normalized spacial score (nSPS) is 31.8. The first-order chi connectivity index (χ1) is 10.4. The molecule has 0 amide bonds. The van der Waals surface area contributed by atoms with Gasteiger partial charge in [0.1, 0.15) is 0 Å². The van der Waals surface area contributed by atoms with Crippen molar-refractivity contribution in [3.63, 3.8) is 0 Å². The van der Waals surface area contributed by atoms with Crippen LogP contribution in [0.25, 0.3) is 0 Å². The van der Waals surface area contributed by atoms with E-state index in [2.05, 4.69) is 32.9 Å². The summed E-state index contributed by atoms with van der Waals surface area (Å²) < 4.78 is 12.3. The maximum absolute atomic E-state index is 12.8. The summed E-state index contributed by atoms with van der Waals surface area (Å²) >= 11 is 0. The van der Waals surface area contributed by atoms with E-state index in [9.17, 15) is 9.00 Å². The van der Waals surface area contributed by atoms with Gasteiger partial charge in [0.15, 0.2) is 5.78 Å². The van der Waals surface area contributed by atoms with Gasteiger partial charge in [0, 0.05) is 32.8 Å². The maximum Gasteiger partial charge on any atom is 0.166 e. The second-order valence-corrected chi connectivity index (χ2v) is 9.85. The van der Waals surface area contributed by atoms with Crippen LogP contribution in [0.2, 0.25) is 0 Å². The fourth-order valence-electron chi connectivity index (χ4n) is 3.82. The SMILES string of the molecule is CC(C)(C)c1ccc(C(=O)C2CC3CCCC(C2)S3=O)cc1. The zero-order valence-corrected chi connectivity index (χ0v) is 14.6. The van der Waals surface area contributed by atoms with Crippen LogP contribution in [-0.2, 0) is 16.2 Å². The van der Waals surface area contributed by atoms with Gasteiger partial charge in [-0.2, -0.15) is 0 Å². The van der Waals surface area contributed by atoms with Gasteiger partial charge in [0.2, 0.25) is 0 Å². The molecule has 3 rings (SSSR count). The Kier molecular flexibility index (Phi) is 4.28. The van der Waals surface area contributed by atoms with Gasteiger partial charge in [-0.25, -0.2) is 0 Å². The van der Waals surface area contributed by atoms with Crippen molar-refractivity contribution in [2.24, 2.45) is 5.92 Å². The molecule has 0 aliphatic carbocycles. The van der Waals surface area contributed by atoms with Gasteiger partial charge >= 0.3 is 0 Å². The maximum atomic E-state index is 12.8. The van der Waals surface area contributed by atoms with Gasteiger partial charge in [-0.05, 0) is 36.7 Å². The lowest BCUT2D eigenvalue weighted by Crippen LogP contribution is -2.41. The standard InChI is InChI=1S/C19H26O2S/c1-19(2,3)15-9-7-13(8-10-15)18(20)14-11-16-5-4-6-17(12-14)22(16)21/h7-10,14,16-17H,4-6,11-12H2,1-3H3. The minimum Gasteiger partial charge on any atom is -0.294 e. The Bertz CT molecular complexity index is 566. The average Bonchev–Trinajstić information content (AvgIpc) is 2.45. The number of ketones is 1. The summed E-state index contributed by atoms with van der Waals surface area (Å²) in [5.74, 6) is 0.336. The molecule has 2 unspecified atom stereocenters. The Morgan fingerprint density at radius 3 is 2.09 bits per heavy atom. The van der Waals surface area contributed by atoms with E-state index in [1.54, 1.807) is 0 Å². The zero-order valence-electron chi connectivity index (χ0n) is 13.8. The molecule has 0 aromatic heterocycles. The number of hydrogen-bond donors (Lipinski definition) is 0. The molecule has 2 bridgehead atoms. The van der Waals surface area contributed by atoms with Gasteiger partial charge in [0.05, 0.1) is 0 Å². The molecule has 2 aliphatic heterocycles. The molecule has 0 N–H and O–H groups in total. The number of carbonyl (C=O) groups excluding carboxylic acids is 1. The highest BCUT2D eigenvalue weighted by molar-refractivity contribution is 7.86. The fraction of sp³-hybridized carbons (Fsp3) is 0.632. The largest absolute Gasteiger partial charge is 0.294 e. The molecule has 2 aliphatic rings. The van der Waals surface area contributed by atoms with Crippen molar-refractivity contribution < 1.29 is 9.00 Å². The predicted octanol–water partition coefficient (Wildman–Crippen LogP) is 4.25. The number of carbonyl (C=O) groups is 1. The molecular weight excluding hydrogens is 292 g/mol. The van der Waals surface area contributed by atoms with E-state index in [1.807, 2.05) is 12.1 Å². The van der Waals surface area contributed by atoms with E-state index in [-0.39, 0.29) is 27.6 Å². The van der Waals surface area contributed by atoms with Crippen LogP contribution in [0.1, 0.15) is 68.8 Å². The number of benzene rings is 1. The first kappa shape index (κ1) is 15.9. The Morgan fingerprint density at radius 1 is 1.05 bits per heavy atom. The third kappa shape index (κ3) is 3.05. The van der Waals surface area contributed by atoms with E-state index in [0.717, 1.165) is 31.2 Å². The highest BCUT2D eigenvalue weighted by Crippen LogP contribution is 2.38. The smallest absolute Gasteiger partial charge is 0.166 e. The van der Waals surface area contributed by atoms with Crippen molar-refractivity contribution in [1.82, 2.24) is 0 Å². The summed E-state index contributed by atoms with van der Waals surface area (Å²) in [6.07, 6.45) is 4.90. The summed E-state index contributed by atoms with van der Waals surface area (Å²) in [6, 6.07) is 8.11. The molecule has 0 radical (unpaired) electrons. The van der Waals surface area contributed by atoms with Gasteiger partial charge in [0.25, 0.3) is 0 Å². The predicted molar refractivity (Wildman–Crippen MR) is 91.8 cm³/mol. The van der Waals surface area contributed by atoms with Crippen LogP contribution in [0, 0.1) is 5.92 Å². The zero-order chi connectivity index (χ0) is 15.9. The van der Waals surface area contributed by atoms with Crippen LogP contribution in [-0.4, -0.2) is 20.5 Å². The quantitative estimate of drug-likeness (QED) is 0.764. The van der Waals surface area contributed by atoms with Crippen LogP contribution < -0.4 is 0 Å². The lowest BCUT2D eigenvalue weighted by molar-refractivity contribution is 0.0895. The van der Waals surface area contributed by atoms with Crippen molar-refractivity contribution in [2.75, 3.05) is 0 Å². The third-order valence-corrected chi connectivity index (χ3v) is 7.38. The van der Waals surface area contributed by atoms with Crippen LogP contribution in [0.5, 0.6) is 0 Å². The second-order valence-electron chi connectivity index (χ2n) is 7.86. The monoisotopic (exact) mass is 318 g/mol. The first-order valence-corrected chi connectivity index (χ1v) is 9.68. The fourth-order valence-corrected chi connectivity index (χ4v) is 6.00. The van der Waals surface area contributed by atoms with Gasteiger partial charge in [-0.1, -0.05) is 51.5 Å². The molecule has 2 saturated heterocycles. The molecule has 2 fully saturated rings. The van der Waals surface area contributed by atoms with Crippen molar-refractivity contribution in [2.45, 2.75) is 68.8 Å². The molecule has 2 atom stereocenters. The van der Waals surface area contributed by atoms with Crippen molar-refractivity contribution in [3.8, 4) is 0 Å². The molecule has 120 valence electrons. The molecule has 2 nitrogen and oxygen atoms in total. The van der Waals surface area contributed by atoms with Crippen LogP contribution >= 0.6 is 0 Å².